The number of hydrogen-bond acceptors (Lipinski definition) is 13. The Bertz CT molecular complexity index is 1790. The van der Waals surface area contributed by atoms with Crippen molar-refractivity contribution in [2.45, 2.75) is 49.0 Å². The normalized spacial score (nSPS) is 36.8. The third-order valence-corrected chi connectivity index (χ3v) is 9.61. The number of aliphatic hydroxyl groups is 4. The summed E-state index contributed by atoms with van der Waals surface area (Å²) in [4.78, 5) is 26.7. The van der Waals surface area contributed by atoms with Crippen molar-refractivity contribution in [3.63, 3.8) is 0 Å². The maximum atomic E-state index is 13.9. The quantitative estimate of drug-likeness (QED) is 0.228. The molecule has 1 spiro atoms. The molecule has 3 heterocycles. The number of carbonyl (C=O) groups excluding carboxylic acids is 2. The Hall–Kier alpha value is -4.72. The first-order valence-corrected chi connectivity index (χ1v) is 13.5. The number of aromatic hydroxyl groups is 4. The maximum Gasteiger partial charge on any atom is 0.261 e. The summed E-state index contributed by atoms with van der Waals surface area (Å²) < 4.78 is 18.7. The summed E-state index contributed by atoms with van der Waals surface area (Å²) >= 11 is 0. The molecule has 2 fully saturated rings. The molecule has 4 bridgehead atoms. The summed E-state index contributed by atoms with van der Waals surface area (Å²) in [5.41, 5.74) is -4.26. The van der Waals surface area contributed by atoms with Crippen molar-refractivity contribution in [2.75, 3.05) is 0 Å². The summed E-state index contributed by atoms with van der Waals surface area (Å²) in [6.45, 7) is 0. The molecule has 3 aliphatic carbocycles. The van der Waals surface area contributed by atoms with Crippen LogP contribution in [0.5, 0.6) is 34.5 Å². The highest BCUT2D eigenvalue weighted by atomic mass is 16.6. The van der Waals surface area contributed by atoms with E-state index in [4.69, 9.17) is 14.2 Å². The van der Waals surface area contributed by atoms with Gasteiger partial charge in [-0.15, -0.1) is 0 Å². The second-order valence-electron chi connectivity index (χ2n) is 11.8. The molecule has 3 aliphatic heterocycles. The first-order valence-electron chi connectivity index (χ1n) is 13.5. The Morgan fingerprint density at radius 2 is 1.44 bits per heavy atom. The molecule has 6 aliphatic rings. The summed E-state index contributed by atoms with van der Waals surface area (Å²) in [5.74, 6) is -6.46. The van der Waals surface area contributed by atoms with E-state index in [0.717, 1.165) is 24.3 Å². The van der Waals surface area contributed by atoms with Crippen molar-refractivity contribution in [1.29, 1.82) is 0 Å². The molecule has 13 heteroatoms. The highest BCUT2D eigenvalue weighted by Crippen LogP contribution is 2.69. The Morgan fingerprint density at radius 3 is 2.12 bits per heavy atom. The van der Waals surface area contributed by atoms with Crippen LogP contribution in [-0.4, -0.2) is 88.5 Å². The summed E-state index contributed by atoms with van der Waals surface area (Å²) in [6, 6.07) is 4.68. The number of phenols is 4. The number of rotatable bonds is 1. The van der Waals surface area contributed by atoms with Crippen LogP contribution in [0.1, 0.15) is 11.1 Å². The molecule has 13 nitrogen and oxygen atoms in total. The molecule has 1 saturated carbocycles. The van der Waals surface area contributed by atoms with Crippen molar-refractivity contribution >= 4 is 11.6 Å². The summed E-state index contributed by atoms with van der Waals surface area (Å²) in [5, 5.41) is 86.3. The lowest BCUT2D eigenvalue weighted by atomic mass is 9.61. The van der Waals surface area contributed by atoms with E-state index in [1.807, 2.05) is 0 Å². The van der Waals surface area contributed by atoms with Crippen LogP contribution in [-0.2, 0) is 27.2 Å². The van der Waals surface area contributed by atoms with Crippen LogP contribution in [0, 0.1) is 11.3 Å². The Balaban J connectivity index is 1.34. The monoisotopic (exact) mass is 592 g/mol. The molecule has 0 aromatic heterocycles. The van der Waals surface area contributed by atoms with Gasteiger partial charge in [0.25, 0.3) is 5.78 Å². The smallest absolute Gasteiger partial charge is 0.261 e. The van der Waals surface area contributed by atoms with Gasteiger partial charge in [0.1, 0.15) is 58.9 Å². The second-order valence-corrected chi connectivity index (χ2v) is 11.8. The molecule has 2 aromatic rings. The van der Waals surface area contributed by atoms with Crippen LogP contribution in [0.4, 0.5) is 0 Å². The average molecular weight is 593 g/mol. The zero-order valence-corrected chi connectivity index (χ0v) is 22.0. The highest BCUT2D eigenvalue weighted by molar-refractivity contribution is 6.11. The van der Waals surface area contributed by atoms with E-state index in [-0.39, 0.29) is 64.0 Å². The van der Waals surface area contributed by atoms with Crippen molar-refractivity contribution in [2.24, 2.45) is 11.3 Å². The molecule has 2 aromatic carbocycles. The predicted octanol–water partition coefficient (Wildman–Crippen LogP) is 0.638. The van der Waals surface area contributed by atoms with Crippen molar-refractivity contribution in [1.82, 2.24) is 0 Å². The number of phenolic OH excluding ortho intramolecular Hbond substituents is 4. The first kappa shape index (κ1) is 25.9. The van der Waals surface area contributed by atoms with E-state index in [9.17, 15) is 50.4 Å². The lowest BCUT2D eigenvalue weighted by Crippen LogP contribution is -2.62. The van der Waals surface area contributed by atoms with E-state index >= 15 is 0 Å². The minimum atomic E-state index is -2.59. The molecular formula is C30H24O13. The third kappa shape index (κ3) is 3.00. The third-order valence-electron chi connectivity index (χ3n) is 9.61. The predicted molar refractivity (Wildman–Crippen MR) is 140 cm³/mol. The zero-order chi connectivity index (χ0) is 30.3. The van der Waals surface area contributed by atoms with E-state index in [0.29, 0.717) is 0 Å². The molecule has 222 valence electrons. The number of hydrogen-bond donors (Lipinski definition) is 8. The zero-order valence-electron chi connectivity index (χ0n) is 22.0. The van der Waals surface area contributed by atoms with Crippen molar-refractivity contribution in [3.8, 4) is 34.5 Å². The van der Waals surface area contributed by atoms with Gasteiger partial charge in [-0.2, -0.15) is 0 Å². The molecule has 8 N–H and O–H groups in total. The van der Waals surface area contributed by atoms with Gasteiger partial charge in [-0.25, -0.2) is 0 Å². The second kappa shape index (κ2) is 8.01. The van der Waals surface area contributed by atoms with Gasteiger partial charge < -0.3 is 55.1 Å². The SMILES string of the molecule is O=C1C(O)=C[C@@]23C(=C1O)[C@@]1(O)C(=O)C=C([C@H]4Oc5cc(O)cc(O)c5C[C@H]4O)[C@@H]2C1O[C@@H]1Cc2c(O)cc(O)cc2O[C@@H]13. The van der Waals surface area contributed by atoms with Gasteiger partial charge in [-0.3, -0.25) is 9.59 Å². The van der Waals surface area contributed by atoms with Crippen molar-refractivity contribution < 1.29 is 64.7 Å². The van der Waals surface area contributed by atoms with E-state index in [1.54, 1.807) is 0 Å². The number of carbonyl (C=O) groups is 2. The topological polar surface area (TPSA) is 224 Å². The largest absolute Gasteiger partial charge is 0.508 e. The standard InChI is InChI=1S/C30H24O13/c31-9-1-14(33)11-5-16(35)25(41-18(11)3-9)13-7-21(37)30(40)26-24(39)23(38)17(36)8-29(26)22(13)28(30)43-20-6-12-15(34)2-10(32)4-19(12)42-27(20)29/h1-4,7-8,16,20,22,25,27-28,31-36,39-40H,5-6H2/t16-,20-,22-,25-,27+,28?,29+,30+/m1/s1. The summed E-state index contributed by atoms with van der Waals surface area (Å²) in [7, 11) is 0. The van der Waals surface area contributed by atoms with Gasteiger partial charge in [0.05, 0.1) is 11.5 Å². The van der Waals surface area contributed by atoms with Crippen LogP contribution in [0.25, 0.3) is 0 Å². The maximum absolute atomic E-state index is 13.9. The fraction of sp³-hybridized carbons (Fsp3) is 0.333. The van der Waals surface area contributed by atoms with Gasteiger partial charge in [-0.1, -0.05) is 0 Å². The van der Waals surface area contributed by atoms with E-state index in [2.05, 4.69) is 0 Å². The Labute approximate surface area is 241 Å². The van der Waals surface area contributed by atoms with Gasteiger partial charge in [0.2, 0.25) is 0 Å². The minimum Gasteiger partial charge on any atom is -0.508 e. The van der Waals surface area contributed by atoms with Crippen LogP contribution in [0.15, 0.2) is 59.1 Å². The van der Waals surface area contributed by atoms with E-state index in [1.165, 1.54) is 12.1 Å². The number of ketones is 2. The molecular weight excluding hydrogens is 568 g/mol. The number of Topliss-reactive ketones (excluding diaryl/α,β-unsaturated/α-hetero) is 1. The molecule has 1 saturated heterocycles. The number of ether oxygens (including phenoxy) is 3. The lowest BCUT2D eigenvalue weighted by molar-refractivity contribution is -0.192. The number of aliphatic hydroxyl groups excluding tert-OH is 3. The molecule has 0 radical (unpaired) electrons. The van der Waals surface area contributed by atoms with E-state index < -0.39 is 76.1 Å². The molecule has 8 rings (SSSR count). The van der Waals surface area contributed by atoms with Gasteiger partial charge in [0, 0.05) is 59.7 Å². The molecule has 0 amide bonds. The van der Waals surface area contributed by atoms with Crippen LogP contribution < -0.4 is 9.47 Å². The van der Waals surface area contributed by atoms with Gasteiger partial charge in [0.15, 0.2) is 22.9 Å². The van der Waals surface area contributed by atoms with Crippen LogP contribution in [0.2, 0.25) is 0 Å². The lowest BCUT2D eigenvalue weighted by Gasteiger charge is -2.53. The molecule has 43 heavy (non-hydrogen) atoms. The fourth-order valence-corrected chi connectivity index (χ4v) is 8.01. The molecule has 1 unspecified atom stereocenters. The van der Waals surface area contributed by atoms with Crippen LogP contribution in [0.3, 0.4) is 0 Å². The Morgan fingerprint density at radius 1 is 0.814 bits per heavy atom. The number of fused-ring (bicyclic) bond motifs is 4. The van der Waals surface area contributed by atoms with Crippen LogP contribution >= 0.6 is 0 Å². The van der Waals surface area contributed by atoms with Crippen molar-refractivity contribution in [3.05, 3.63) is 70.2 Å². The van der Waals surface area contributed by atoms with Gasteiger partial charge >= 0.3 is 0 Å². The highest BCUT2D eigenvalue weighted by Gasteiger charge is 2.79. The number of benzene rings is 2. The fourth-order valence-electron chi connectivity index (χ4n) is 8.01. The molecule has 8 atom stereocenters. The first-order chi connectivity index (χ1) is 20.4. The average Bonchev–Trinajstić information content (AvgIpc) is 3.04. The minimum absolute atomic E-state index is 0.0223. The Kier molecular flexibility index (Phi) is 4.83. The van der Waals surface area contributed by atoms with Gasteiger partial charge in [-0.05, 0) is 17.7 Å². The summed E-state index contributed by atoms with van der Waals surface area (Å²) in [6.07, 6.45) is -4.35.